The molecular formula is C15H16Cl2N2S. The molecule has 0 saturated carbocycles. The molecule has 0 heterocycles. The highest BCUT2D eigenvalue weighted by molar-refractivity contribution is 7.99. The number of nitrogens with two attached hydrogens (primary N) is 1. The molecule has 5 heteroatoms. The largest absolute Gasteiger partial charge is 0.271 e. The van der Waals surface area contributed by atoms with E-state index in [1.807, 2.05) is 23.9 Å². The van der Waals surface area contributed by atoms with Crippen molar-refractivity contribution in [1.82, 2.24) is 5.43 Å². The Labute approximate surface area is 133 Å². The monoisotopic (exact) mass is 326 g/mol. The van der Waals surface area contributed by atoms with E-state index < -0.39 is 0 Å². The molecule has 0 aliphatic carbocycles. The SMILES string of the molecule is CCSc1ccc(C(NN)c2ccc(Cl)c(Cl)c2)cc1. The second kappa shape index (κ2) is 7.34. The number of benzene rings is 2. The Kier molecular flexibility index (Phi) is 5.75. The minimum atomic E-state index is -0.106. The second-order valence-electron chi connectivity index (χ2n) is 4.28. The maximum absolute atomic E-state index is 6.06. The Bertz CT molecular complexity index is 573. The van der Waals surface area contributed by atoms with E-state index in [2.05, 4.69) is 36.6 Å². The fraction of sp³-hybridized carbons (Fsp3) is 0.200. The summed E-state index contributed by atoms with van der Waals surface area (Å²) < 4.78 is 0. The van der Waals surface area contributed by atoms with Crippen LogP contribution in [-0.4, -0.2) is 5.75 Å². The van der Waals surface area contributed by atoms with Gasteiger partial charge in [-0.25, -0.2) is 5.43 Å². The number of nitrogens with one attached hydrogen (secondary N) is 1. The second-order valence-corrected chi connectivity index (χ2v) is 6.43. The fourth-order valence-corrected chi connectivity index (χ4v) is 2.97. The van der Waals surface area contributed by atoms with Crippen molar-refractivity contribution >= 4 is 35.0 Å². The van der Waals surface area contributed by atoms with Crippen LogP contribution in [0.1, 0.15) is 24.1 Å². The summed E-state index contributed by atoms with van der Waals surface area (Å²) in [4.78, 5) is 1.25. The molecular weight excluding hydrogens is 311 g/mol. The van der Waals surface area contributed by atoms with Crippen molar-refractivity contribution in [2.75, 3.05) is 5.75 Å². The van der Waals surface area contributed by atoms with E-state index in [9.17, 15) is 0 Å². The van der Waals surface area contributed by atoms with Crippen molar-refractivity contribution in [3.8, 4) is 0 Å². The van der Waals surface area contributed by atoms with Gasteiger partial charge < -0.3 is 0 Å². The fourth-order valence-electron chi connectivity index (χ4n) is 2.00. The summed E-state index contributed by atoms with van der Waals surface area (Å²) in [7, 11) is 0. The van der Waals surface area contributed by atoms with Crippen LogP contribution in [-0.2, 0) is 0 Å². The lowest BCUT2D eigenvalue weighted by Gasteiger charge is -2.18. The molecule has 2 rings (SSSR count). The van der Waals surface area contributed by atoms with E-state index in [1.54, 1.807) is 6.07 Å². The first-order valence-corrected chi connectivity index (χ1v) is 8.03. The molecule has 1 atom stereocenters. The predicted molar refractivity (Wildman–Crippen MR) is 88.5 cm³/mol. The summed E-state index contributed by atoms with van der Waals surface area (Å²) >= 11 is 13.8. The van der Waals surface area contributed by atoms with Crippen LogP contribution in [0.25, 0.3) is 0 Å². The molecule has 3 N–H and O–H groups in total. The van der Waals surface area contributed by atoms with Gasteiger partial charge in [0.25, 0.3) is 0 Å². The van der Waals surface area contributed by atoms with Crippen molar-refractivity contribution in [3.05, 3.63) is 63.6 Å². The average Bonchev–Trinajstić information content (AvgIpc) is 2.46. The van der Waals surface area contributed by atoms with Gasteiger partial charge in [-0.05, 0) is 41.1 Å². The van der Waals surface area contributed by atoms with Gasteiger partial charge in [0.15, 0.2) is 0 Å². The number of thioether (sulfide) groups is 1. The molecule has 0 radical (unpaired) electrons. The minimum Gasteiger partial charge on any atom is -0.271 e. The molecule has 0 aromatic heterocycles. The van der Waals surface area contributed by atoms with Crippen LogP contribution in [0.15, 0.2) is 47.4 Å². The van der Waals surface area contributed by atoms with Gasteiger partial charge in [0.1, 0.15) is 0 Å². The maximum Gasteiger partial charge on any atom is 0.0710 e. The smallest absolute Gasteiger partial charge is 0.0710 e. The zero-order valence-corrected chi connectivity index (χ0v) is 13.4. The molecule has 0 amide bonds. The molecule has 20 heavy (non-hydrogen) atoms. The third kappa shape index (κ3) is 3.68. The Morgan fingerprint density at radius 1 is 1.05 bits per heavy atom. The zero-order chi connectivity index (χ0) is 14.5. The standard InChI is InChI=1S/C15H16Cl2N2S/c1-2-20-12-6-3-10(4-7-12)15(19-18)11-5-8-13(16)14(17)9-11/h3-9,15,19H,2,18H2,1H3. The topological polar surface area (TPSA) is 38.0 Å². The predicted octanol–water partition coefficient (Wildman–Crippen LogP) is 4.66. The third-order valence-electron chi connectivity index (χ3n) is 2.97. The summed E-state index contributed by atoms with van der Waals surface area (Å²) in [6, 6.07) is 13.8. The van der Waals surface area contributed by atoms with Gasteiger partial charge in [-0.15, -0.1) is 11.8 Å². The molecule has 2 nitrogen and oxygen atoms in total. The number of hydrazine groups is 1. The van der Waals surface area contributed by atoms with Gasteiger partial charge in [-0.1, -0.05) is 48.3 Å². The van der Waals surface area contributed by atoms with Crippen LogP contribution < -0.4 is 11.3 Å². The summed E-state index contributed by atoms with van der Waals surface area (Å²) in [6.45, 7) is 2.14. The molecule has 0 saturated heterocycles. The number of halogens is 2. The molecule has 0 spiro atoms. The van der Waals surface area contributed by atoms with Gasteiger partial charge in [0, 0.05) is 4.90 Å². The Morgan fingerprint density at radius 3 is 2.25 bits per heavy atom. The highest BCUT2D eigenvalue weighted by atomic mass is 35.5. The van der Waals surface area contributed by atoms with E-state index >= 15 is 0 Å². The Morgan fingerprint density at radius 2 is 1.70 bits per heavy atom. The zero-order valence-electron chi connectivity index (χ0n) is 11.1. The van der Waals surface area contributed by atoms with Crippen molar-refractivity contribution in [3.63, 3.8) is 0 Å². The molecule has 1 unspecified atom stereocenters. The average molecular weight is 327 g/mol. The van der Waals surface area contributed by atoms with Crippen molar-refractivity contribution in [1.29, 1.82) is 0 Å². The molecule has 2 aromatic rings. The van der Waals surface area contributed by atoms with Gasteiger partial charge in [-0.3, -0.25) is 5.84 Å². The van der Waals surface area contributed by atoms with E-state index in [4.69, 9.17) is 29.0 Å². The quantitative estimate of drug-likeness (QED) is 0.477. The van der Waals surface area contributed by atoms with Gasteiger partial charge in [0.05, 0.1) is 16.1 Å². The van der Waals surface area contributed by atoms with Crippen molar-refractivity contribution < 1.29 is 0 Å². The third-order valence-corrected chi connectivity index (χ3v) is 4.60. The first-order chi connectivity index (χ1) is 9.65. The molecule has 0 fully saturated rings. The number of hydrogen-bond acceptors (Lipinski definition) is 3. The molecule has 0 aliphatic rings. The maximum atomic E-state index is 6.06. The van der Waals surface area contributed by atoms with E-state index in [0.29, 0.717) is 10.0 Å². The van der Waals surface area contributed by atoms with Crippen LogP contribution in [0.5, 0.6) is 0 Å². The Balaban J connectivity index is 2.29. The highest BCUT2D eigenvalue weighted by Gasteiger charge is 2.13. The van der Waals surface area contributed by atoms with Crippen LogP contribution >= 0.6 is 35.0 Å². The van der Waals surface area contributed by atoms with Crippen molar-refractivity contribution in [2.45, 2.75) is 17.9 Å². The molecule has 2 aromatic carbocycles. The summed E-state index contributed by atoms with van der Waals surface area (Å²) in [6.07, 6.45) is 0. The van der Waals surface area contributed by atoms with E-state index in [-0.39, 0.29) is 6.04 Å². The van der Waals surface area contributed by atoms with Gasteiger partial charge in [-0.2, -0.15) is 0 Å². The first-order valence-electron chi connectivity index (χ1n) is 6.29. The summed E-state index contributed by atoms with van der Waals surface area (Å²) in [5, 5.41) is 1.07. The summed E-state index contributed by atoms with van der Waals surface area (Å²) in [5.41, 5.74) is 4.90. The lowest BCUT2D eigenvalue weighted by atomic mass is 9.99. The lowest BCUT2D eigenvalue weighted by molar-refractivity contribution is 0.636. The van der Waals surface area contributed by atoms with E-state index in [1.165, 1.54) is 4.90 Å². The number of hydrogen-bond donors (Lipinski definition) is 2. The van der Waals surface area contributed by atoms with Crippen LogP contribution in [0.2, 0.25) is 10.0 Å². The van der Waals surface area contributed by atoms with Gasteiger partial charge >= 0.3 is 0 Å². The highest BCUT2D eigenvalue weighted by Crippen LogP contribution is 2.29. The first kappa shape index (κ1) is 15.7. The Hall–Kier alpha value is -0.710. The van der Waals surface area contributed by atoms with Crippen LogP contribution in [0, 0.1) is 0 Å². The van der Waals surface area contributed by atoms with Crippen LogP contribution in [0.3, 0.4) is 0 Å². The van der Waals surface area contributed by atoms with Crippen molar-refractivity contribution in [2.24, 2.45) is 5.84 Å². The molecule has 106 valence electrons. The van der Waals surface area contributed by atoms with E-state index in [0.717, 1.165) is 16.9 Å². The van der Waals surface area contributed by atoms with Gasteiger partial charge in [0.2, 0.25) is 0 Å². The lowest BCUT2D eigenvalue weighted by Crippen LogP contribution is -2.28. The summed E-state index contributed by atoms with van der Waals surface area (Å²) in [5.74, 6) is 6.75. The van der Waals surface area contributed by atoms with Crippen LogP contribution in [0.4, 0.5) is 0 Å². The number of rotatable bonds is 5. The molecule has 0 bridgehead atoms. The normalized spacial score (nSPS) is 12.4. The minimum absolute atomic E-state index is 0.106. The molecule has 0 aliphatic heterocycles.